The maximum Gasteiger partial charge on any atom is 0.164 e. The van der Waals surface area contributed by atoms with Crippen LogP contribution in [0.2, 0.25) is 0 Å². The fraction of sp³-hybridized carbons (Fsp3) is 0.929. The van der Waals surface area contributed by atoms with E-state index in [9.17, 15) is 9.90 Å². The molecule has 0 spiro atoms. The van der Waals surface area contributed by atoms with E-state index in [-0.39, 0.29) is 11.7 Å². The Kier molecular flexibility index (Phi) is 1.95. The van der Waals surface area contributed by atoms with Crippen LogP contribution in [0.25, 0.3) is 0 Å². The number of carbonyl (C=O) groups excluding carboxylic acids is 1. The van der Waals surface area contributed by atoms with Crippen LogP contribution in [0, 0.1) is 29.1 Å². The molecule has 0 heterocycles. The second-order valence-electron chi connectivity index (χ2n) is 6.88. The Labute approximate surface area is 97.4 Å². The molecule has 0 bridgehead atoms. The van der Waals surface area contributed by atoms with E-state index in [0.717, 1.165) is 18.8 Å². The molecule has 2 unspecified atom stereocenters. The number of carbonyl (C=O) groups is 1. The second kappa shape index (κ2) is 2.90. The number of fused-ring (bicyclic) bond motifs is 3. The molecule has 0 radical (unpaired) electrons. The molecule has 2 nitrogen and oxygen atoms in total. The summed E-state index contributed by atoms with van der Waals surface area (Å²) < 4.78 is 0. The third kappa shape index (κ3) is 1.09. The summed E-state index contributed by atoms with van der Waals surface area (Å²) in [7, 11) is 0. The monoisotopic (exact) mass is 222 g/mol. The minimum Gasteiger partial charge on any atom is -0.382 e. The average Bonchev–Trinajstić information content (AvgIpc) is 2.76. The summed E-state index contributed by atoms with van der Waals surface area (Å²) in [5.41, 5.74) is -0.604. The van der Waals surface area contributed by atoms with Crippen LogP contribution in [0.1, 0.15) is 46.5 Å². The predicted octanol–water partition coefficient (Wildman–Crippen LogP) is 2.40. The largest absolute Gasteiger partial charge is 0.382 e. The summed E-state index contributed by atoms with van der Waals surface area (Å²) in [6.45, 7) is 6.83. The van der Waals surface area contributed by atoms with E-state index in [4.69, 9.17) is 0 Å². The number of ketones is 1. The summed E-state index contributed by atoms with van der Waals surface area (Å²) >= 11 is 0. The van der Waals surface area contributed by atoms with Gasteiger partial charge in [-0.3, -0.25) is 4.79 Å². The summed E-state index contributed by atoms with van der Waals surface area (Å²) in [6.07, 6.45) is 3.33. The highest BCUT2D eigenvalue weighted by Crippen LogP contribution is 2.71. The lowest BCUT2D eigenvalue weighted by atomic mass is 9.62. The van der Waals surface area contributed by atoms with Gasteiger partial charge in [0.05, 0.1) is 0 Å². The molecule has 1 N–H and O–H groups in total. The van der Waals surface area contributed by atoms with Crippen molar-refractivity contribution in [1.82, 2.24) is 0 Å². The van der Waals surface area contributed by atoms with Crippen LogP contribution >= 0.6 is 0 Å². The van der Waals surface area contributed by atoms with Gasteiger partial charge >= 0.3 is 0 Å². The quantitative estimate of drug-likeness (QED) is 0.683. The van der Waals surface area contributed by atoms with Crippen LogP contribution in [0.4, 0.5) is 0 Å². The lowest BCUT2D eigenvalue weighted by molar-refractivity contribution is -0.159. The summed E-state index contributed by atoms with van der Waals surface area (Å²) in [5, 5.41) is 10.7. The Morgan fingerprint density at radius 2 is 1.94 bits per heavy atom. The SMILES string of the molecule is C[C@@H]1CCC(=O)[C@]2(O)CCC3C([C@H]12)C3(C)C. The molecule has 3 fully saturated rings. The first-order valence-corrected chi connectivity index (χ1v) is 6.64. The minimum atomic E-state index is -0.966. The van der Waals surface area contributed by atoms with Gasteiger partial charge in [-0.25, -0.2) is 0 Å². The highest BCUT2D eigenvalue weighted by atomic mass is 16.3. The zero-order valence-electron chi connectivity index (χ0n) is 10.5. The van der Waals surface area contributed by atoms with Gasteiger partial charge in [-0.2, -0.15) is 0 Å². The molecule has 3 rings (SSSR count). The fourth-order valence-electron chi connectivity index (χ4n) is 4.80. The normalized spacial score (nSPS) is 54.1. The molecule has 0 aromatic rings. The molecule has 3 aliphatic carbocycles. The molecule has 5 atom stereocenters. The molecule has 0 aromatic carbocycles. The van der Waals surface area contributed by atoms with E-state index in [2.05, 4.69) is 20.8 Å². The molecule has 2 heteroatoms. The van der Waals surface area contributed by atoms with E-state index >= 15 is 0 Å². The van der Waals surface area contributed by atoms with Crippen molar-refractivity contribution in [2.45, 2.75) is 52.1 Å². The van der Waals surface area contributed by atoms with E-state index in [1.807, 2.05) is 0 Å². The van der Waals surface area contributed by atoms with Crippen LogP contribution in [-0.4, -0.2) is 16.5 Å². The molecule has 90 valence electrons. The molecule has 3 aliphatic rings. The number of hydrogen-bond donors (Lipinski definition) is 1. The molecule has 0 aromatic heterocycles. The van der Waals surface area contributed by atoms with Gasteiger partial charge in [0.25, 0.3) is 0 Å². The van der Waals surface area contributed by atoms with Gasteiger partial charge in [-0.1, -0.05) is 20.8 Å². The topological polar surface area (TPSA) is 37.3 Å². The zero-order valence-corrected chi connectivity index (χ0v) is 10.5. The first-order chi connectivity index (χ1) is 7.39. The van der Waals surface area contributed by atoms with Crippen molar-refractivity contribution in [3.8, 4) is 0 Å². The zero-order chi connectivity index (χ0) is 11.7. The highest BCUT2D eigenvalue weighted by molar-refractivity contribution is 5.88. The van der Waals surface area contributed by atoms with Gasteiger partial charge in [0.1, 0.15) is 5.60 Å². The van der Waals surface area contributed by atoms with Crippen LogP contribution in [-0.2, 0) is 4.79 Å². The maximum atomic E-state index is 12.0. The molecule has 3 saturated carbocycles. The molecule has 0 amide bonds. The molecule has 0 aliphatic heterocycles. The molecular weight excluding hydrogens is 200 g/mol. The first kappa shape index (κ1) is 10.8. The average molecular weight is 222 g/mol. The van der Waals surface area contributed by atoms with E-state index in [1.165, 1.54) is 0 Å². The highest BCUT2D eigenvalue weighted by Gasteiger charge is 2.70. The number of aliphatic hydroxyl groups is 1. The predicted molar refractivity (Wildman–Crippen MR) is 61.8 cm³/mol. The van der Waals surface area contributed by atoms with Crippen LogP contribution in [0.3, 0.4) is 0 Å². The summed E-state index contributed by atoms with van der Waals surface area (Å²) in [4.78, 5) is 12.0. The van der Waals surface area contributed by atoms with Gasteiger partial charge in [-0.05, 0) is 42.4 Å². The van der Waals surface area contributed by atoms with Gasteiger partial charge in [-0.15, -0.1) is 0 Å². The maximum absolute atomic E-state index is 12.0. The minimum absolute atomic E-state index is 0.122. The van der Waals surface area contributed by atoms with Gasteiger partial charge in [0.2, 0.25) is 0 Å². The number of rotatable bonds is 0. The lowest BCUT2D eigenvalue weighted by Crippen LogP contribution is -2.54. The first-order valence-electron chi connectivity index (χ1n) is 6.64. The van der Waals surface area contributed by atoms with Crippen molar-refractivity contribution in [1.29, 1.82) is 0 Å². The van der Waals surface area contributed by atoms with Crippen LogP contribution in [0.5, 0.6) is 0 Å². The fourth-order valence-corrected chi connectivity index (χ4v) is 4.80. The Morgan fingerprint density at radius 1 is 1.25 bits per heavy atom. The van der Waals surface area contributed by atoms with Crippen LogP contribution < -0.4 is 0 Å². The third-order valence-electron chi connectivity index (χ3n) is 5.84. The van der Waals surface area contributed by atoms with Crippen molar-refractivity contribution >= 4 is 5.78 Å². The Balaban J connectivity index is 1.98. The van der Waals surface area contributed by atoms with E-state index in [0.29, 0.717) is 30.1 Å². The lowest BCUT2D eigenvalue weighted by Gasteiger charge is -2.45. The summed E-state index contributed by atoms with van der Waals surface area (Å²) in [6, 6.07) is 0. The summed E-state index contributed by atoms with van der Waals surface area (Å²) in [5.74, 6) is 2.22. The number of Topliss-reactive ketones (excluding diaryl/α,β-unsaturated/α-hetero) is 1. The van der Waals surface area contributed by atoms with Crippen molar-refractivity contribution in [2.75, 3.05) is 0 Å². The van der Waals surface area contributed by atoms with E-state index in [1.54, 1.807) is 0 Å². The molecule has 16 heavy (non-hydrogen) atoms. The van der Waals surface area contributed by atoms with E-state index < -0.39 is 5.60 Å². The number of hydrogen-bond acceptors (Lipinski definition) is 2. The van der Waals surface area contributed by atoms with Gasteiger partial charge < -0.3 is 5.11 Å². The second-order valence-corrected chi connectivity index (χ2v) is 6.88. The van der Waals surface area contributed by atoms with Gasteiger partial charge in [0.15, 0.2) is 5.78 Å². The molecule has 0 saturated heterocycles. The van der Waals surface area contributed by atoms with Crippen molar-refractivity contribution in [2.24, 2.45) is 29.1 Å². The van der Waals surface area contributed by atoms with Crippen molar-refractivity contribution in [3.05, 3.63) is 0 Å². The Hall–Kier alpha value is -0.370. The van der Waals surface area contributed by atoms with Crippen LogP contribution in [0.15, 0.2) is 0 Å². The Bertz CT molecular complexity index is 347. The Morgan fingerprint density at radius 3 is 2.62 bits per heavy atom. The van der Waals surface area contributed by atoms with Crippen molar-refractivity contribution < 1.29 is 9.90 Å². The molecular formula is C14H22O2. The van der Waals surface area contributed by atoms with Gasteiger partial charge in [0, 0.05) is 12.3 Å². The van der Waals surface area contributed by atoms with Crippen molar-refractivity contribution in [3.63, 3.8) is 0 Å². The smallest absolute Gasteiger partial charge is 0.164 e. The third-order valence-corrected chi connectivity index (χ3v) is 5.84. The standard InChI is InChI=1S/C14H22O2/c1-8-4-5-10(15)14(16)7-6-9-12(11(8)14)13(9,2)3/h8-9,11-12,16H,4-7H2,1-3H3/t8-,9?,11+,12?,14-/m1/s1.